The molecule has 2 nitrogen and oxygen atoms in total. The van der Waals surface area contributed by atoms with Crippen molar-refractivity contribution in [3.05, 3.63) is 26.0 Å². The quantitative estimate of drug-likeness (QED) is 0.347. The number of nitrogens with one attached hydrogen (secondary N) is 1. The summed E-state index contributed by atoms with van der Waals surface area (Å²) in [5.74, 6) is 4.89. The predicted molar refractivity (Wildman–Crippen MR) is 61.9 cm³/mol. The smallest absolute Gasteiger partial charge is 0.138 e. The Bertz CT molecular complexity index is 284. The third-order valence-corrected chi connectivity index (χ3v) is 2.67. The standard InChI is InChI=1S/C6H5BrFIN2.ClH/c7-3-1-6(11-10)5(9)2-4(3)8;/h1-2,11H,10H2;1H. The molecule has 0 bridgehead atoms. The van der Waals surface area contributed by atoms with Gasteiger partial charge in [0.25, 0.3) is 0 Å². The number of nitrogen functional groups attached to an aromatic ring is 1. The number of hydrogen-bond acceptors (Lipinski definition) is 2. The molecular weight excluding hydrogens is 361 g/mol. The first kappa shape index (κ1) is 12.4. The van der Waals surface area contributed by atoms with Gasteiger partial charge in [-0.1, -0.05) is 0 Å². The Labute approximate surface area is 97.7 Å². The molecule has 0 atom stereocenters. The molecule has 0 radical (unpaired) electrons. The molecule has 0 heterocycles. The number of rotatable bonds is 1. The van der Waals surface area contributed by atoms with E-state index < -0.39 is 0 Å². The number of hydrogen-bond donors (Lipinski definition) is 2. The highest BCUT2D eigenvalue weighted by Crippen LogP contribution is 2.24. The molecule has 1 aromatic carbocycles. The lowest BCUT2D eigenvalue weighted by Crippen LogP contribution is -2.08. The first-order chi connectivity index (χ1) is 5.15. The molecule has 0 saturated heterocycles. The van der Waals surface area contributed by atoms with Gasteiger partial charge in [0, 0.05) is 3.57 Å². The van der Waals surface area contributed by atoms with Crippen LogP contribution in [0.5, 0.6) is 0 Å². The largest absolute Gasteiger partial charge is 0.323 e. The Morgan fingerprint density at radius 3 is 2.58 bits per heavy atom. The molecule has 1 aromatic rings. The highest BCUT2D eigenvalue weighted by molar-refractivity contribution is 14.1. The van der Waals surface area contributed by atoms with E-state index in [2.05, 4.69) is 21.4 Å². The summed E-state index contributed by atoms with van der Waals surface area (Å²) in [5.41, 5.74) is 3.17. The summed E-state index contributed by atoms with van der Waals surface area (Å²) in [4.78, 5) is 0. The lowest BCUT2D eigenvalue weighted by atomic mass is 10.3. The van der Waals surface area contributed by atoms with Crippen LogP contribution in [0.4, 0.5) is 10.1 Å². The highest BCUT2D eigenvalue weighted by Gasteiger charge is 2.03. The van der Waals surface area contributed by atoms with Gasteiger partial charge in [-0.2, -0.15) is 0 Å². The van der Waals surface area contributed by atoms with Crippen molar-refractivity contribution >= 4 is 56.6 Å². The fraction of sp³-hybridized carbons (Fsp3) is 0. The van der Waals surface area contributed by atoms with Crippen LogP contribution in [0.15, 0.2) is 16.6 Å². The minimum Gasteiger partial charge on any atom is -0.323 e. The molecule has 0 fully saturated rings. The van der Waals surface area contributed by atoms with Crippen LogP contribution in [0.1, 0.15) is 0 Å². The Morgan fingerprint density at radius 1 is 1.50 bits per heavy atom. The molecule has 0 aromatic heterocycles. The van der Waals surface area contributed by atoms with Crippen LogP contribution in [0.25, 0.3) is 0 Å². The van der Waals surface area contributed by atoms with Gasteiger partial charge < -0.3 is 5.43 Å². The molecule has 1 rings (SSSR count). The van der Waals surface area contributed by atoms with E-state index in [0.29, 0.717) is 10.2 Å². The van der Waals surface area contributed by atoms with Crippen molar-refractivity contribution in [2.24, 2.45) is 5.84 Å². The summed E-state index contributed by atoms with van der Waals surface area (Å²) in [6.45, 7) is 0. The monoisotopic (exact) mass is 366 g/mol. The zero-order chi connectivity index (χ0) is 8.43. The second kappa shape index (κ2) is 5.21. The van der Waals surface area contributed by atoms with Crippen LogP contribution in [0.3, 0.4) is 0 Å². The molecule has 6 heteroatoms. The summed E-state index contributed by atoms with van der Waals surface area (Å²) >= 11 is 5.05. The van der Waals surface area contributed by atoms with Gasteiger partial charge in [0.05, 0.1) is 10.2 Å². The SMILES string of the molecule is Cl.NNc1cc(Br)c(F)cc1I. The van der Waals surface area contributed by atoms with Crippen LogP contribution in [-0.4, -0.2) is 0 Å². The molecule has 0 spiro atoms. The van der Waals surface area contributed by atoms with E-state index in [1.54, 1.807) is 6.07 Å². The molecule has 0 aliphatic heterocycles. The lowest BCUT2D eigenvalue weighted by Gasteiger charge is -2.03. The van der Waals surface area contributed by atoms with Crippen molar-refractivity contribution in [1.82, 2.24) is 0 Å². The molecule has 0 aliphatic carbocycles. The van der Waals surface area contributed by atoms with Crippen molar-refractivity contribution in [1.29, 1.82) is 0 Å². The second-order valence-electron chi connectivity index (χ2n) is 1.89. The average Bonchev–Trinajstić information content (AvgIpc) is 1.97. The Morgan fingerprint density at radius 2 is 2.08 bits per heavy atom. The first-order valence-corrected chi connectivity index (χ1v) is 4.63. The maximum absolute atomic E-state index is 12.8. The Hall–Kier alpha value is 0.410. The second-order valence-corrected chi connectivity index (χ2v) is 3.91. The average molecular weight is 367 g/mol. The topological polar surface area (TPSA) is 38.0 Å². The van der Waals surface area contributed by atoms with Gasteiger partial charge >= 0.3 is 0 Å². The molecule has 0 amide bonds. The van der Waals surface area contributed by atoms with Crippen LogP contribution in [-0.2, 0) is 0 Å². The van der Waals surface area contributed by atoms with E-state index in [9.17, 15) is 4.39 Å². The van der Waals surface area contributed by atoms with Gasteiger partial charge in [0.2, 0.25) is 0 Å². The number of nitrogens with two attached hydrogens (primary N) is 1. The lowest BCUT2D eigenvalue weighted by molar-refractivity contribution is 0.620. The minimum atomic E-state index is -0.284. The third kappa shape index (κ3) is 2.72. The number of benzene rings is 1. The molecule has 12 heavy (non-hydrogen) atoms. The summed E-state index contributed by atoms with van der Waals surface area (Å²) in [5, 5.41) is 0. The molecule has 3 N–H and O–H groups in total. The van der Waals surface area contributed by atoms with Crippen molar-refractivity contribution in [3.8, 4) is 0 Å². The third-order valence-electron chi connectivity index (χ3n) is 1.17. The van der Waals surface area contributed by atoms with Crippen LogP contribution in [0, 0.1) is 9.39 Å². The van der Waals surface area contributed by atoms with Crippen molar-refractivity contribution < 1.29 is 4.39 Å². The molecule has 0 aliphatic rings. The first-order valence-electron chi connectivity index (χ1n) is 2.76. The van der Waals surface area contributed by atoms with E-state index in [-0.39, 0.29) is 18.2 Å². The van der Waals surface area contributed by atoms with E-state index in [4.69, 9.17) is 5.84 Å². The predicted octanol–water partition coefficient (Wildman–Crippen LogP) is 2.90. The molecule has 0 saturated carbocycles. The number of anilines is 1. The van der Waals surface area contributed by atoms with Gasteiger partial charge in [-0.05, 0) is 50.7 Å². The van der Waals surface area contributed by atoms with Crippen LogP contribution >= 0.6 is 50.9 Å². The van der Waals surface area contributed by atoms with Gasteiger partial charge in [-0.25, -0.2) is 4.39 Å². The zero-order valence-corrected chi connectivity index (χ0v) is 10.3. The molecule has 0 unspecified atom stereocenters. The van der Waals surface area contributed by atoms with Crippen LogP contribution in [0.2, 0.25) is 0 Å². The van der Waals surface area contributed by atoms with Gasteiger partial charge in [0.1, 0.15) is 5.82 Å². The van der Waals surface area contributed by atoms with E-state index in [1.165, 1.54) is 6.07 Å². The maximum atomic E-state index is 12.8. The van der Waals surface area contributed by atoms with E-state index >= 15 is 0 Å². The summed E-state index contributed by atoms with van der Waals surface area (Å²) < 4.78 is 13.9. The van der Waals surface area contributed by atoms with Crippen molar-refractivity contribution in [3.63, 3.8) is 0 Å². The summed E-state index contributed by atoms with van der Waals surface area (Å²) in [7, 11) is 0. The van der Waals surface area contributed by atoms with Crippen LogP contribution < -0.4 is 11.3 Å². The fourth-order valence-corrected chi connectivity index (χ4v) is 1.56. The highest BCUT2D eigenvalue weighted by atomic mass is 127. The normalized spacial score (nSPS) is 9.00. The molecule has 68 valence electrons. The maximum Gasteiger partial charge on any atom is 0.138 e. The van der Waals surface area contributed by atoms with Gasteiger partial charge in [-0.15, -0.1) is 12.4 Å². The number of halogens is 4. The summed E-state index contributed by atoms with van der Waals surface area (Å²) in [6, 6.07) is 3.00. The zero-order valence-electron chi connectivity index (χ0n) is 5.77. The fourth-order valence-electron chi connectivity index (χ4n) is 0.633. The minimum absolute atomic E-state index is 0. The Kier molecular flexibility index (Phi) is 5.38. The van der Waals surface area contributed by atoms with Crippen molar-refractivity contribution in [2.45, 2.75) is 0 Å². The van der Waals surface area contributed by atoms with Gasteiger partial charge in [-0.3, -0.25) is 5.84 Å². The van der Waals surface area contributed by atoms with E-state index in [0.717, 1.165) is 3.57 Å². The van der Waals surface area contributed by atoms with Gasteiger partial charge in [0.15, 0.2) is 0 Å². The number of hydrazine groups is 1. The Balaban J connectivity index is 0.00000121. The molecular formula is C6H6BrClFIN2. The van der Waals surface area contributed by atoms with E-state index in [1.807, 2.05) is 22.6 Å². The van der Waals surface area contributed by atoms with Crippen molar-refractivity contribution in [2.75, 3.05) is 5.43 Å². The summed E-state index contributed by atoms with van der Waals surface area (Å²) in [6.07, 6.45) is 0.